The highest BCUT2D eigenvalue weighted by Gasteiger charge is 2.35. The number of urea groups is 1. The number of nitrogens with one attached hydrogen (secondary N) is 1. The number of halogens is 1. The van der Waals surface area contributed by atoms with Gasteiger partial charge in [0, 0.05) is 27.7 Å². The van der Waals surface area contributed by atoms with E-state index in [0.717, 1.165) is 33.7 Å². The summed E-state index contributed by atoms with van der Waals surface area (Å²) in [5, 5.41) is 7.93. The van der Waals surface area contributed by atoms with Crippen molar-refractivity contribution in [3.63, 3.8) is 0 Å². The van der Waals surface area contributed by atoms with Gasteiger partial charge in [0.2, 0.25) is 5.82 Å². The van der Waals surface area contributed by atoms with E-state index in [-0.39, 0.29) is 12.1 Å². The molecule has 0 saturated carbocycles. The summed E-state index contributed by atoms with van der Waals surface area (Å²) in [5.74, 6) is 0.866. The summed E-state index contributed by atoms with van der Waals surface area (Å²) in [4.78, 5) is 20.4. The maximum atomic E-state index is 12.8. The van der Waals surface area contributed by atoms with Gasteiger partial charge in [-0.2, -0.15) is 4.98 Å². The van der Waals surface area contributed by atoms with Crippen molar-refractivity contribution in [1.29, 1.82) is 0 Å². The van der Waals surface area contributed by atoms with E-state index in [1.807, 2.05) is 56.5 Å². The van der Waals surface area contributed by atoms with E-state index in [1.54, 1.807) is 28.8 Å². The van der Waals surface area contributed by atoms with E-state index in [0.29, 0.717) is 23.3 Å². The average molecular weight is 455 g/mol. The lowest BCUT2D eigenvalue weighted by Gasteiger charge is -2.35. The zero-order valence-electron chi connectivity index (χ0n) is 17.6. The second-order valence-electron chi connectivity index (χ2n) is 7.24. The smallest absolute Gasteiger partial charge is 0.322 e. The van der Waals surface area contributed by atoms with Gasteiger partial charge in [0.1, 0.15) is 0 Å². The largest absolute Gasteiger partial charge is 0.334 e. The normalized spacial score (nSPS) is 16.6. The highest BCUT2D eigenvalue weighted by molar-refractivity contribution is 7.98. The molecule has 31 heavy (non-hydrogen) atoms. The van der Waals surface area contributed by atoms with Gasteiger partial charge in [-0.3, -0.25) is 4.90 Å². The first kappa shape index (κ1) is 21.5. The summed E-state index contributed by atoms with van der Waals surface area (Å²) in [6, 6.07) is 14.9. The fourth-order valence-corrected chi connectivity index (χ4v) is 4.18. The molecule has 3 aromatic rings. The van der Waals surface area contributed by atoms with Crippen molar-refractivity contribution in [3.05, 3.63) is 70.7 Å². The molecule has 0 aliphatic carbocycles. The van der Waals surface area contributed by atoms with E-state index in [1.165, 1.54) is 0 Å². The third-order valence-electron chi connectivity index (χ3n) is 5.25. The summed E-state index contributed by atoms with van der Waals surface area (Å²) in [6.45, 7) is 4.58. The van der Waals surface area contributed by atoms with Gasteiger partial charge in [0.15, 0.2) is 0 Å². The molecule has 0 radical (unpaired) electrons. The number of carbonyl (C=O) groups is 1. The summed E-state index contributed by atoms with van der Waals surface area (Å²) >= 11 is 7.67. The van der Waals surface area contributed by atoms with Crippen LogP contribution in [0, 0.1) is 0 Å². The molecule has 1 aliphatic rings. The second kappa shape index (κ2) is 9.16. The topological polar surface area (TPSA) is 71.3 Å². The standard InChI is InChI=1S/C23H23ClN4O2S/c1-4-13-28-14(2)19(20(25-23(28)29)15-7-11-18(31-3)12-8-15)22-26-21(27-30-22)16-5-9-17(24)10-6-16/h5-12,20H,4,13H2,1-3H3,(H,25,29). The van der Waals surface area contributed by atoms with Crippen molar-refractivity contribution in [2.45, 2.75) is 31.2 Å². The highest BCUT2D eigenvalue weighted by atomic mass is 35.5. The highest BCUT2D eigenvalue weighted by Crippen LogP contribution is 2.37. The minimum atomic E-state index is -0.380. The van der Waals surface area contributed by atoms with E-state index in [9.17, 15) is 4.79 Å². The number of hydrogen-bond acceptors (Lipinski definition) is 5. The van der Waals surface area contributed by atoms with Gasteiger partial charge in [-0.05, 0) is 61.6 Å². The number of carbonyl (C=O) groups excluding carboxylic acids is 1. The van der Waals surface area contributed by atoms with Crippen LogP contribution in [0.5, 0.6) is 0 Å². The number of allylic oxidation sites excluding steroid dienone is 1. The van der Waals surface area contributed by atoms with Crippen LogP contribution in [-0.2, 0) is 0 Å². The van der Waals surface area contributed by atoms with Crippen LogP contribution >= 0.6 is 23.4 Å². The van der Waals surface area contributed by atoms with Crippen molar-refractivity contribution in [2.24, 2.45) is 0 Å². The molecule has 1 aliphatic heterocycles. The van der Waals surface area contributed by atoms with Crippen molar-refractivity contribution in [2.75, 3.05) is 12.8 Å². The van der Waals surface area contributed by atoms with Crippen LogP contribution in [0.3, 0.4) is 0 Å². The zero-order valence-corrected chi connectivity index (χ0v) is 19.1. The number of thioether (sulfide) groups is 1. The minimum absolute atomic E-state index is 0.125. The summed E-state index contributed by atoms with van der Waals surface area (Å²) in [6.07, 6.45) is 2.87. The predicted molar refractivity (Wildman–Crippen MR) is 124 cm³/mol. The molecule has 2 amide bonds. The fourth-order valence-electron chi connectivity index (χ4n) is 3.65. The van der Waals surface area contributed by atoms with Crippen LogP contribution in [-0.4, -0.2) is 33.9 Å². The Hall–Kier alpha value is -2.77. The first-order chi connectivity index (χ1) is 15.0. The third kappa shape index (κ3) is 4.34. The van der Waals surface area contributed by atoms with E-state index < -0.39 is 0 Å². The van der Waals surface area contributed by atoms with Gasteiger partial charge in [-0.1, -0.05) is 35.8 Å². The average Bonchev–Trinajstić information content (AvgIpc) is 3.26. The Balaban J connectivity index is 1.79. The van der Waals surface area contributed by atoms with Gasteiger partial charge < -0.3 is 9.84 Å². The number of aromatic nitrogens is 2. The molecule has 1 atom stereocenters. The maximum Gasteiger partial charge on any atom is 0.322 e. The number of nitrogens with zero attached hydrogens (tertiary/aromatic N) is 3. The molecule has 6 nitrogen and oxygen atoms in total. The van der Waals surface area contributed by atoms with Crippen molar-refractivity contribution < 1.29 is 9.32 Å². The van der Waals surface area contributed by atoms with Gasteiger partial charge in [0.25, 0.3) is 5.89 Å². The van der Waals surface area contributed by atoms with Crippen LogP contribution < -0.4 is 5.32 Å². The molecular weight excluding hydrogens is 432 g/mol. The molecule has 0 bridgehead atoms. The lowest BCUT2D eigenvalue weighted by atomic mass is 9.94. The molecule has 1 N–H and O–H groups in total. The Morgan fingerprint density at radius 2 is 1.87 bits per heavy atom. The van der Waals surface area contributed by atoms with Gasteiger partial charge in [0.05, 0.1) is 11.6 Å². The third-order valence-corrected chi connectivity index (χ3v) is 6.25. The van der Waals surface area contributed by atoms with Crippen LogP contribution in [0.2, 0.25) is 5.02 Å². The van der Waals surface area contributed by atoms with E-state index in [4.69, 9.17) is 16.1 Å². The van der Waals surface area contributed by atoms with Crippen molar-refractivity contribution in [1.82, 2.24) is 20.4 Å². The predicted octanol–water partition coefficient (Wildman–Crippen LogP) is 6.02. The quantitative estimate of drug-likeness (QED) is 0.461. The number of benzene rings is 2. The van der Waals surface area contributed by atoms with Gasteiger partial charge in [-0.15, -0.1) is 11.8 Å². The first-order valence-corrected chi connectivity index (χ1v) is 11.6. The Labute approximate surface area is 190 Å². The molecule has 0 spiro atoms. The Kier molecular flexibility index (Phi) is 6.34. The van der Waals surface area contributed by atoms with Crippen molar-refractivity contribution >= 4 is 35.0 Å². The van der Waals surface area contributed by atoms with Crippen LogP contribution in [0.15, 0.2) is 63.6 Å². The first-order valence-electron chi connectivity index (χ1n) is 10.0. The number of hydrogen-bond donors (Lipinski definition) is 1. The number of amides is 2. The summed E-state index contributed by atoms with van der Waals surface area (Å²) in [5.41, 5.74) is 3.39. The molecular formula is C23H23ClN4O2S. The molecule has 2 heterocycles. The summed E-state index contributed by atoms with van der Waals surface area (Å²) < 4.78 is 5.68. The SMILES string of the molecule is CCCN1C(=O)NC(c2ccc(SC)cc2)C(c2nc(-c3ccc(Cl)cc3)no2)=C1C. The van der Waals surface area contributed by atoms with E-state index in [2.05, 4.69) is 15.5 Å². The lowest BCUT2D eigenvalue weighted by molar-refractivity contribution is 0.205. The molecule has 1 aromatic heterocycles. The van der Waals surface area contributed by atoms with Gasteiger partial charge >= 0.3 is 6.03 Å². The summed E-state index contributed by atoms with van der Waals surface area (Å²) in [7, 11) is 0. The molecule has 0 fully saturated rings. The minimum Gasteiger partial charge on any atom is -0.334 e. The number of rotatable bonds is 6. The molecule has 2 aromatic carbocycles. The fraction of sp³-hybridized carbons (Fsp3) is 0.261. The van der Waals surface area contributed by atoms with E-state index >= 15 is 0 Å². The van der Waals surface area contributed by atoms with Crippen molar-refractivity contribution in [3.8, 4) is 11.4 Å². The molecule has 160 valence electrons. The lowest BCUT2D eigenvalue weighted by Crippen LogP contribution is -2.46. The zero-order chi connectivity index (χ0) is 22.0. The Morgan fingerprint density at radius 3 is 2.52 bits per heavy atom. The van der Waals surface area contributed by atoms with Crippen LogP contribution in [0.4, 0.5) is 4.79 Å². The molecule has 8 heteroatoms. The Morgan fingerprint density at radius 1 is 1.16 bits per heavy atom. The van der Waals surface area contributed by atoms with Crippen LogP contribution in [0.25, 0.3) is 17.0 Å². The second-order valence-corrected chi connectivity index (χ2v) is 8.55. The molecule has 4 rings (SSSR count). The Bertz CT molecular complexity index is 1110. The monoisotopic (exact) mass is 454 g/mol. The molecule has 0 saturated heterocycles. The van der Waals surface area contributed by atoms with Gasteiger partial charge in [-0.25, -0.2) is 4.79 Å². The molecule has 1 unspecified atom stereocenters. The maximum absolute atomic E-state index is 12.8. The van der Waals surface area contributed by atoms with Crippen LogP contribution in [0.1, 0.15) is 37.8 Å².